The average molecular weight is 474 g/mol. The molecule has 2 aliphatic heterocycles. The number of aliphatic hydroxyl groups is 4. The number of carbonyl (C=O) groups is 1. The SMILES string of the molecule is CC[C@]1(O)C[C@H](O)[C@@H](C(=O)O)[C@H](C[C@H](/C=C/C=C/C(C)C)O[C@@H]2O[C@H](C)[C@@H](O)[C@H](N)[C@@H]2O)O1. The predicted molar refractivity (Wildman–Crippen MR) is 119 cm³/mol. The molecule has 190 valence electrons. The Bertz CT molecular complexity index is 699. The van der Waals surface area contributed by atoms with E-state index in [2.05, 4.69) is 0 Å². The first kappa shape index (κ1) is 27.9. The minimum absolute atomic E-state index is 0.0406. The molecule has 0 unspecified atom stereocenters. The number of allylic oxidation sites excluding steroid dienone is 3. The van der Waals surface area contributed by atoms with Crippen molar-refractivity contribution in [3.05, 3.63) is 24.3 Å². The maximum absolute atomic E-state index is 11.9. The van der Waals surface area contributed by atoms with Gasteiger partial charge in [0.05, 0.1) is 36.6 Å². The maximum atomic E-state index is 11.9. The van der Waals surface area contributed by atoms with Crippen LogP contribution in [-0.4, -0.2) is 86.2 Å². The first-order chi connectivity index (χ1) is 15.4. The molecule has 0 bridgehead atoms. The molecular formula is C23H39NO9. The lowest BCUT2D eigenvalue weighted by Gasteiger charge is -2.44. The molecule has 0 aromatic rings. The topological polar surface area (TPSA) is 172 Å². The molecule has 7 N–H and O–H groups in total. The molecule has 2 fully saturated rings. The Labute approximate surface area is 194 Å². The van der Waals surface area contributed by atoms with E-state index in [-0.39, 0.29) is 19.3 Å². The van der Waals surface area contributed by atoms with Crippen LogP contribution in [0.1, 0.15) is 47.0 Å². The fraction of sp³-hybridized carbons (Fsp3) is 0.783. The van der Waals surface area contributed by atoms with E-state index in [4.69, 9.17) is 19.9 Å². The molecule has 2 heterocycles. The number of carboxylic acids is 1. The molecule has 0 aromatic heterocycles. The van der Waals surface area contributed by atoms with Gasteiger partial charge in [0.2, 0.25) is 0 Å². The smallest absolute Gasteiger partial charge is 0.311 e. The second kappa shape index (κ2) is 11.9. The molecule has 2 saturated heterocycles. The van der Waals surface area contributed by atoms with Crippen molar-refractivity contribution in [3.8, 4) is 0 Å². The second-order valence-corrected chi connectivity index (χ2v) is 9.28. The Morgan fingerprint density at radius 1 is 1.21 bits per heavy atom. The third-order valence-electron chi connectivity index (χ3n) is 6.16. The van der Waals surface area contributed by atoms with Gasteiger partial charge in [-0.15, -0.1) is 0 Å². The molecule has 10 nitrogen and oxygen atoms in total. The van der Waals surface area contributed by atoms with Gasteiger partial charge in [-0.1, -0.05) is 45.1 Å². The van der Waals surface area contributed by atoms with Crippen LogP contribution in [0.15, 0.2) is 24.3 Å². The van der Waals surface area contributed by atoms with E-state index in [1.807, 2.05) is 26.0 Å². The summed E-state index contributed by atoms with van der Waals surface area (Å²) in [7, 11) is 0. The molecule has 0 spiro atoms. The number of hydrogen-bond donors (Lipinski definition) is 6. The van der Waals surface area contributed by atoms with Gasteiger partial charge in [-0.3, -0.25) is 4.79 Å². The van der Waals surface area contributed by atoms with Gasteiger partial charge in [-0.05, 0) is 19.3 Å². The first-order valence-corrected chi connectivity index (χ1v) is 11.5. The highest BCUT2D eigenvalue weighted by molar-refractivity contribution is 5.71. The fourth-order valence-corrected chi connectivity index (χ4v) is 4.09. The molecule has 2 aliphatic rings. The summed E-state index contributed by atoms with van der Waals surface area (Å²) >= 11 is 0. The van der Waals surface area contributed by atoms with Crippen molar-refractivity contribution in [1.29, 1.82) is 0 Å². The van der Waals surface area contributed by atoms with Crippen LogP contribution < -0.4 is 5.73 Å². The third kappa shape index (κ3) is 7.30. The Hall–Kier alpha value is -1.37. The van der Waals surface area contributed by atoms with Crippen LogP contribution >= 0.6 is 0 Å². The predicted octanol–water partition coefficient (Wildman–Crippen LogP) is 0.273. The van der Waals surface area contributed by atoms with Crippen LogP contribution in [0, 0.1) is 11.8 Å². The third-order valence-corrected chi connectivity index (χ3v) is 6.16. The van der Waals surface area contributed by atoms with E-state index < -0.39 is 66.6 Å². The summed E-state index contributed by atoms with van der Waals surface area (Å²) in [5.74, 6) is -3.88. The van der Waals surface area contributed by atoms with Crippen LogP contribution in [-0.2, 0) is 19.0 Å². The van der Waals surface area contributed by atoms with Gasteiger partial charge in [-0.2, -0.15) is 0 Å². The Morgan fingerprint density at radius 3 is 2.42 bits per heavy atom. The normalized spacial score (nSPS) is 41.2. The van der Waals surface area contributed by atoms with Crippen LogP contribution in [0.25, 0.3) is 0 Å². The number of carboxylic acid groups (broad SMARTS) is 1. The van der Waals surface area contributed by atoms with Crippen molar-refractivity contribution in [2.24, 2.45) is 17.6 Å². The van der Waals surface area contributed by atoms with E-state index in [9.17, 15) is 30.3 Å². The zero-order valence-corrected chi connectivity index (χ0v) is 19.7. The first-order valence-electron chi connectivity index (χ1n) is 11.5. The quantitative estimate of drug-likeness (QED) is 0.255. The molecule has 0 amide bonds. The summed E-state index contributed by atoms with van der Waals surface area (Å²) in [5, 5.41) is 51.2. The summed E-state index contributed by atoms with van der Waals surface area (Å²) in [6.45, 7) is 7.30. The van der Waals surface area contributed by atoms with E-state index in [1.165, 1.54) is 0 Å². The van der Waals surface area contributed by atoms with Crippen molar-refractivity contribution >= 4 is 5.97 Å². The number of nitrogens with two attached hydrogens (primary N) is 1. The highest BCUT2D eigenvalue weighted by Gasteiger charge is 2.49. The minimum atomic E-state index is -1.66. The van der Waals surface area contributed by atoms with Crippen molar-refractivity contribution in [3.63, 3.8) is 0 Å². The van der Waals surface area contributed by atoms with Crippen LogP contribution in [0.3, 0.4) is 0 Å². The molecule has 0 radical (unpaired) electrons. The standard InChI is InChI=1S/C23H39NO9/c1-5-23(30)11-15(25)17(21(28)29)16(33-23)10-14(9-7-6-8-12(2)3)32-22-20(27)18(24)19(26)13(4)31-22/h6-9,12-20,22,25-27,30H,5,10-11,24H2,1-4H3,(H,28,29)/b8-6+,9-7+/t13-,14+,15+,16+,17-,18+,19-,20+,22+,23-/m1/s1. The summed E-state index contributed by atoms with van der Waals surface area (Å²) in [6, 6.07) is -0.992. The van der Waals surface area contributed by atoms with Gasteiger partial charge in [0.25, 0.3) is 0 Å². The summed E-state index contributed by atoms with van der Waals surface area (Å²) in [4.78, 5) is 11.9. The lowest BCUT2D eigenvalue weighted by atomic mass is 9.84. The van der Waals surface area contributed by atoms with Gasteiger partial charge in [0, 0.05) is 12.8 Å². The number of aliphatic carboxylic acids is 1. The molecule has 0 aromatic carbocycles. The molecule has 10 atom stereocenters. The maximum Gasteiger partial charge on any atom is 0.311 e. The molecule has 2 rings (SSSR count). The molecule has 10 heteroatoms. The van der Waals surface area contributed by atoms with Gasteiger partial charge in [0.1, 0.15) is 12.0 Å². The largest absolute Gasteiger partial charge is 0.481 e. The number of aliphatic hydroxyl groups excluding tert-OH is 3. The highest BCUT2D eigenvalue weighted by Crippen LogP contribution is 2.36. The summed E-state index contributed by atoms with van der Waals surface area (Å²) < 4.78 is 17.3. The summed E-state index contributed by atoms with van der Waals surface area (Å²) in [5.41, 5.74) is 5.89. The van der Waals surface area contributed by atoms with Crippen LogP contribution in [0.4, 0.5) is 0 Å². The van der Waals surface area contributed by atoms with Gasteiger partial charge in [-0.25, -0.2) is 0 Å². The zero-order valence-electron chi connectivity index (χ0n) is 19.7. The fourth-order valence-electron chi connectivity index (χ4n) is 4.09. The Balaban J connectivity index is 2.27. The van der Waals surface area contributed by atoms with E-state index in [1.54, 1.807) is 26.0 Å². The van der Waals surface area contributed by atoms with Gasteiger partial charge in [0.15, 0.2) is 12.1 Å². The summed E-state index contributed by atoms with van der Waals surface area (Å²) in [6.07, 6.45) is -0.407. The monoisotopic (exact) mass is 473 g/mol. The van der Waals surface area contributed by atoms with Crippen molar-refractivity contribution in [2.75, 3.05) is 0 Å². The molecule has 0 aliphatic carbocycles. The van der Waals surface area contributed by atoms with Crippen LogP contribution in [0.5, 0.6) is 0 Å². The average Bonchev–Trinajstić information content (AvgIpc) is 2.72. The molecule has 0 saturated carbocycles. The number of rotatable bonds is 9. The Kier molecular flexibility index (Phi) is 10.0. The second-order valence-electron chi connectivity index (χ2n) is 9.28. The Morgan fingerprint density at radius 2 is 1.85 bits per heavy atom. The van der Waals surface area contributed by atoms with Crippen molar-refractivity contribution in [2.45, 2.75) is 102 Å². The number of ether oxygens (including phenoxy) is 3. The molecular weight excluding hydrogens is 434 g/mol. The zero-order chi connectivity index (χ0) is 24.9. The van der Waals surface area contributed by atoms with Gasteiger partial charge >= 0.3 is 5.97 Å². The van der Waals surface area contributed by atoms with Crippen molar-refractivity contribution < 1.29 is 44.5 Å². The molecule has 33 heavy (non-hydrogen) atoms. The van der Waals surface area contributed by atoms with E-state index in [0.29, 0.717) is 5.92 Å². The van der Waals surface area contributed by atoms with Crippen molar-refractivity contribution in [1.82, 2.24) is 0 Å². The van der Waals surface area contributed by atoms with Gasteiger partial charge < -0.3 is 45.5 Å². The van der Waals surface area contributed by atoms with E-state index >= 15 is 0 Å². The highest BCUT2D eigenvalue weighted by atomic mass is 16.7. The number of hydrogen-bond acceptors (Lipinski definition) is 9. The lowest BCUT2D eigenvalue weighted by Crippen LogP contribution is -2.61. The van der Waals surface area contributed by atoms with Crippen LogP contribution in [0.2, 0.25) is 0 Å². The lowest BCUT2D eigenvalue weighted by molar-refractivity contribution is -0.302. The minimum Gasteiger partial charge on any atom is -0.481 e. The van der Waals surface area contributed by atoms with E-state index in [0.717, 1.165) is 0 Å².